The zero-order valence-corrected chi connectivity index (χ0v) is 41.4. The van der Waals surface area contributed by atoms with E-state index in [0.29, 0.717) is 24.0 Å². The molecule has 2 heterocycles. The molecule has 4 aliphatic rings. The molecule has 5 N–H and O–H groups in total. The molecule has 60 heavy (non-hydrogen) atoms. The van der Waals surface area contributed by atoms with Crippen LogP contribution >= 0.6 is 47.0 Å². The van der Waals surface area contributed by atoms with Gasteiger partial charge in [-0.3, -0.25) is 4.79 Å². The van der Waals surface area contributed by atoms with Crippen LogP contribution < -0.4 is 0 Å². The molecule has 0 radical (unpaired) electrons. The molecule has 10 heteroatoms. The molecule has 338 valence electrons. The van der Waals surface area contributed by atoms with Gasteiger partial charge in [-0.2, -0.15) is 0 Å². The molecule has 1 unspecified atom stereocenters. The number of carbonyl (C=O) groups excluding carboxylic acids is 1. The Labute approximate surface area is 380 Å². The Morgan fingerprint density at radius 3 is 1.37 bits per heavy atom. The lowest BCUT2D eigenvalue weighted by Crippen LogP contribution is -2.37. The molecule has 2 saturated heterocycles. The maximum atomic E-state index is 12.8. The zero-order chi connectivity index (χ0) is 43.9. The number of ketones is 1. The second kappa shape index (κ2) is 21.6. The molecular formula is C50H78O6S4. The summed E-state index contributed by atoms with van der Waals surface area (Å²) < 4.78 is -0.119. The molecule has 0 aromatic heterocycles. The van der Waals surface area contributed by atoms with Crippen LogP contribution in [0.15, 0.2) is 24.3 Å². The normalized spacial score (nSPS) is 25.6. The molecule has 2 aliphatic carbocycles. The van der Waals surface area contributed by atoms with E-state index in [9.17, 15) is 30.3 Å². The summed E-state index contributed by atoms with van der Waals surface area (Å²) in [4.78, 5) is 12.8. The van der Waals surface area contributed by atoms with Gasteiger partial charge in [0.2, 0.25) is 0 Å². The van der Waals surface area contributed by atoms with E-state index >= 15 is 0 Å². The summed E-state index contributed by atoms with van der Waals surface area (Å²) in [6, 6.07) is 7.56. The lowest BCUT2D eigenvalue weighted by molar-refractivity contribution is -0.128. The monoisotopic (exact) mass is 902 g/mol. The van der Waals surface area contributed by atoms with Gasteiger partial charge in [0.25, 0.3) is 0 Å². The fourth-order valence-corrected chi connectivity index (χ4v) is 17.1. The third-order valence-corrected chi connectivity index (χ3v) is 21.0. The van der Waals surface area contributed by atoms with E-state index in [-0.39, 0.29) is 71.4 Å². The van der Waals surface area contributed by atoms with Crippen molar-refractivity contribution in [2.75, 3.05) is 23.0 Å². The van der Waals surface area contributed by atoms with Crippen molar-refractivity contribution in [3.8, 4) is 23.0 Å². The second-order valence-electron chi connectivity index (χ2n) is 20.3. The smallest absolute Gasteiger partial charge is 0.137 e. The number of rotatable bonds is 14. The molecule has 0 bridgehead atoms. The molecule has 2 saturated carbocycles. The average molecular weight is 903 g/mol. The van der Waals surface area contributed by atoms with Crippen LogP contribution in [0.25, 0.3) is 0 Å². The van der Waals surface area contributed by atoms with Gasteiger partial charge in [-0.1, -0.05) is 107 Å². The van der Waals surface area contributed by atoms with Crippen molar-refractivity contribution in [3.05, 3.63) is 46.5 Å². The number of hydrogen-bond donors (Lipinski definition) is 5. The minimum atomic E-state index is -0.395. The Hall–Kier alpha value is -1.33. The Morgan fingerprint density at radius 2 is 1.00 bits per heavy atom. The first-order chi connectivity index (χ1) is 28.4. The van der Waals surface area contributed by atoms with Gasteiger partial charge >= 0.3 is 0 Å². The maximum Gasteiger partial charge on any atom is 0.137 e. The molecular weight excluding hydrogens is 825 g/mol. The molecule has 4 fully saturated rings. The summed E-state index contributed by atoms with van der Waals surface area (Å²) >= 11 is 7.83. The highest BCUT2D eigenvalue weighted by Gasteiger charge is 2.43. The van der Waals surface area contributed by atoms with E-state index in [1.807, 2.05) is 71.3 Å². The van der Waals surface area contributed by atoms with E-state index in [1.54, 1.807) is 0 Å². The Balaban J connectivity index is 0.000000228. The van der Waals surface area contributed by atoms with Gasteiger partial charge in [-0.25, -0.2) is 0 Å². The number of carbonyl (C=O) groups is 1. The number of benzene rings is 2. The number of phenols is 4. The Bertz CT molecular complexity index is 1660. The molecule has 2 aromatic rings. The van der Waals surface area contributed by atoms with Gasteiger partial charge in [-0.05, 0) is 109 Å². The summed E-state index contributed by atoms with van der Waals surface area (Å²) in [6.45, 7) is 17.4. The van der Waals surface area contributed by atoms with Crippen molar-refractivity contribution in [3.63, 3.8) is 0 Å². The van der Waals surface area contributed by atoms with E-state index in [2.05, 4.69) is 55.4 Å². The van der Waals surface area contributed by atoms with Gasteiger partial charge in [0.15, 0.2) is 0 Å². The summed E-state index contributed by atoms with van der Waals surface area (Å²) in [5.74, 6) is 5.69. The number of phenolic OH excluding ortho intramolecular Hbond substituents is 4. The van der Waals surface area contributed by atoms with Crippen molar-refractivity contribution in [1.82, 2.24) is 0 Å². The molecule has 6 nitrogen and oxygen atoms in total. The molecule has 5 atom stereocenters. The molecule has 0 spiro atoms. The highest BCUT2D eigenvalue weighted by atomic mass is 32.2. The van der Waals surface area contributed by atoms with Crippen molar-refractivity contribution in [2.24, 2.45) is 22.7 Å². The summed E-state index contributed by atoms with van der Waals surface area (Å²) in [5, 5.41) is 54.5. The Kier molecular flexibility index (Phi) is 17.9. The number of hydrogen-bond acceptors (Lipinski definition) is 10. The van der Waals surface area contributed by atoms with Crippen LogP contribution in [0.4, 0.5) is 0 Å². The van der Waals surface area contributed by atoms with Crippen LogP contribution in [0.1, 0.15) is 192 Å². The SMILES string of the molecule is CCCCCCC1(c2cc(O)c([C@H]3CC[C@H](C(C)(C)C)C(=O)C3)c(O)c2)SCCS1.CCCCCCC1(c2cc(O)c([C@H]3CC[C@H](C(C)(C)C)C(O)C3)c(O)c2)SCCS1. The van der Waals surface area contributed by atoms with Crippen LogP contribution in [0.3, 0.4) is 0 Å². The van der Waals surface area contributed by atoms with Crippen LogP contribution in [0, 0.1) is 22.7 Å². The third kappa shape index (κ3) is 12.1. The topological polar surface area (TPSA) is 118 Å². The maximum absolute atomic E-state index is 12.8. The third-order valence-electron chi connectivity index (χ3n) is 13.8. The quantitative estimate of drug-likeness (QED) is 0.117. The fraction of sp³-hybridized carbons (Fsp3) is 0.740. The van der Waals surface area contributed by atoms with E-state index < -0.39 is 6.10 Å². The standard InChI is InChI=1S/C25H40O3S2.C25H38O3S2/c2*1-5-6-7-8-11-25(29-12-13-30-25)18-15-21(27)23(22(28)16-18)17-9-10-19(20(26)14-17)24(2,3)4/h15-17,19-20,26-28H,5-14H2,1-4H3;15-17,19,27-28H,5-14H2,1-4H3/t17-,19-,20?;17-,19-/m00/s1. The van der Waals surface area contributed by atoms with E-state index in [0.717, 1.165) is 72.7 Å². The van der Waals surface area contributed by atoms with Gasteiger partial charge in [0.1, 0.15) is 28.8 Å². The first-order valence-electron chi connectivity index (χ1n) is 23.2. The molecule has 2 aliphatic heterocycles. The van der Waals surface area contributed by atoms with Crippen molar-refractivity contribution >= 4 is 52.8 Å². The minimum absolute atomic E-state index is 0.0111. The van der Waals surface area contributed by atoms with Crippen LogP contribution in [0.2, 0.25) is 0 Å². The fourth-order valence-electron chi connectivity index (χ4n) is 10.5. The minimum Gasteiger partial charge on any atom is -0.508 e. The summed E-state index contributed by atoms with van der Waals surface area (Å²) in [6.07, 6.45) is 16.0. The first kappa shape index (κ1) is 49.7. The number of aliphatic hydroxyl groups excluding tert-OH is 1. The average Bonchev–Trinajstić information content (AvgIpc) is 3.86. The van der Waals surface area contributed by atoms with Crippen LogP contribution in [-0.2, 0) is 13.0 Å². The van der Waals surface area contributed by atoms with Crippen molar-refractivity contribution < 1.29 is 30.3 Å². The number of Topliss-reactive ketones (excluding diaryl/α,β-unsaturated/α-hetero) is 1. The number of thioether (sulfide) groups is 4. The van der Waals surface area contributed by atoms with Gasteiger partial charge < -0.3 is 25.5 Å². The lowest BCUT2D eigenvalue weighted by atomic mass is 9.67. The molecule has 6 rings (SSSR count). The lowest BCUT2D eigenvalue weighted by Gasteiger charge is -2.41. The predicted molar refractivity (Wildman–Crippen MR) is 260 cm³/mol. The summed E-state index contributed by atoms with van der Waals surface area (Å²) in [7, 11) is 0. The second-order valence-corrected chi connectivity index (χ2v) is 26.4. The number of aliphatic hydroxyl groups is 1. The number of aromatic hydroxyl groups is 4. The first-order valence-corrected chi connectivity index (χ1v) is 27.2. The van der Waals surface area contributed by atoms with Gasteiger partial charge in [-0.15, -0.1) is 47.0 Å². The highest BCUT2D eigenvalue weighted by molar-refractivity contribution is 8.21. The number of unbranched alkanes of at least 4 members (excludes halogenated alkanes) is 6. The van der Waals surface area contributed by atoms with Gasteiger partial charge in [0.05, 0.1) is 14.3 Å². The van der Waals surface area contributed by atoms with E-state index in [1.165, 1.54) is 51.4 Å². The van der Waals surface area contributed by atoms with E-state index in [4.69, 9.17) is 0 Å². The van der Waals surface area contributed by atoms with Crippen molar-refractivity contribution in [2.45, 2.75) is 184 Å². The predicted octanol–water partition coefficient (Wildman–Crippen LogP) is 14.2. The van der Waals surface area contributed by atoms with Crippen molar-refractivity contribution in [1.29, 1.82) is 0 Å². The zero-order valence-electron chi connectivity index (χ0n) is 38.1. The molecule has 2 aromatic carbocycles. The summed E-state index contributed by atoms with van der Waals surface area (Å²) in [5.41, 5.74) is 3.33. The van der Waals surface area contributed by atoms with Crippen LogP contribution in [0.5, 0.6) is 23.0 Å². The largest absolute Gasteiger partial charge is 0.508 e. The van der Waals surface area contributed by atoms with Crippen LogP contribution in [-0.4, -0.2) is 60.4 Å². The molecule has 0 amide bonds. The van der Waals surface area contributed by atoms with Gasteiger partial charge in [0, 0.05) is 46.5 Å². The highest BCUT2D eigenvalue weighted by Crippen LogP contribution is 2.59. The Morgan fingerprint density at radius 1 is 0.583 bits per heavy atom.